The maximum Gasteiger partial charge on any atom is 0.416 e. The first-order chi connectivity index (χ1) is 10.9. The van der Waals surface area contributed by atoms with Crippen molar-refractivity contribution in [1.82, 2.24) is 15.0 Å². The molecule has 1 atom stereocenters. The van der Waals surface area contributed by atoms with E-state index in [2.05, 4.69) is 15.0 Å². The van der Waals surface area contributed by atoms with Crippen molar-refractivity contribution in [2.75, 3.05) is 19.7 Å². The number of aryl methyl sites for hydroxylation is 1. The Balaban J connectivity index is 1.66. The summed E-state index contributed by atoms with van der Waals surface area (Å²) in [5.74, 6) is 1.10. The number of morpholine rings is 1. The number of halogens is 3. The van der Waals surface area contributed by atoms with Crippen molar-refractivity contribution < 1.29 is 22.4 Å². The molecule has 0 saturated carbocycles. The molecular formula is C15H16F3N3O2. The van der Waals surface area contributed by atoms with Crippen LogP contribution in [0.3, 0.4) is 0 Å². The van der Waals surface area contributed by atoms with Gasteiger partial charge < -0.3 is 9.26 Å². The second-order valence-electron chi connectivity index (χ2n) is 5.44. The minimum Gasteiger partial charge on any atom is -0.371 e. The summed E-state index contributed by atoms with van der Waals surface area (Å²) < 4.78 is 48.4. The number of hydrogen-bond donors (Lipinski definition) is 0. The number of aromatic nitrogens is 2. The summed E-state index contributed by atoms with van der Waals surface area (Å²) in [6.45, 7) is 4.03. The average molecular weight is 327 g/mol. The Morgan fingerprint density at radius 3 is 2.61 bits per heavy atom. The van der Waals surface area contributed by atoms with E-state index in [1.54, 1.807) is 6.92 Å². The highest BCUT2D eigenvalue weighted by Gasteiger charge is 2.31. The molecule has 1 aromatic heterocycles. The Bertz CT molecular complexity index is 655. The molecule has 23 heavy (non-hydrogen) atoms. The fourth-order valence-corrected chi connectivity index (χ4v) is 2.54. The molecule has 1 fully saturated rings. The van der Waals surface area contributed by atoms with Crippen molar-refractivity contribution in [3.63, 3.8) is 0 Å². The van der Waals surface area contributed by atoms with Gasteiger partial charge >= 0.3 is 6.18 Å². The van der Waals surface area contributed by atoms with Crippen LogP contribution in [0.15, 0.2) is 28.8 Å². The molecule has 1 aliphatic rings. The summed E-state index contributed by atoms with van der Waals surface area (Å²) in [4.78, 5) is 6.25. The van der Waals surface area contributed by atoms with Gasteiger partial charge in [-0.2, -0.15) is 18.2 Å². The Morgan fingerprint density at radius 1 is 1.26 bits per heavy atom. The zero-order valence-corrected chi connectivity index (χ0v) is 12.5. The lowest BCUT2D eigenvalue weighted by atomic mass is 10.1. The zero-order chi connectivity index (χ0) is 16.4. The second-order valence-corrected chi connectivity index (χ2v) is 5.44. The summed E-state index contributed by atoms with van der Waals surface area (Å²) in [6.07, 6.45) is -4.59. The first-order valence-electron chi connectivity index (χ1n) is 7.22. The zero-order valence-electron chi connectivity index (χ0n) is 12.5. The van der Waals surface area contributed by atoms with Crippen LogP contribution >= 0.6 is 0 Å². The third kappa shape index (κ3) is 3.89. The van der Waals surface area contributed by atoms with Crippen LogP contribution in [0.2, 0.25) is 0 Å². The van der Waals surface area contributed by atoms with E-state index in [-0.39, 0.29) is 6.10 Å². The molecule has 0 radical (unpaired) electrons. The van der Waals surface area contributed by atoms with Crippen LogP contribution in [0.1, 0.15) is 28.9 Å². The van der Waals surface area contributed by atoms with Crippen LogP contribution in [0.25, 0.3) is 0 Å². The van der Waals surface area contributed by atoms with Crippen LogP contribution in [0.5, 0.6) is 0 Å². The predicted molar refractivity (Wildman–Crippen MR) is 74.4 cm³/mol. The van der Waals surface area contributed by atoms with E-state index < -0.39 is 11.7 Å². The van der Waals surface area contributed by atoms with Gasteiger partial charge in [-0.05, 0) is 17.7 Å². The van der Waals surface area contributed by atoms with Gasteiger partial charge in [0, 0.05) is 20.0 Å². The maximum absolute atomic E-state index is 12.6. The Labute approximate surface area is 131 Å². The molecule has 124 valence electrons. The molecule has 2 aromatic rings. The highest BCUT2D eigenvalue weighted by atomic mass is 19.4. The van der Waals surface area contributed by atoms with E-state index in [9.17, 15) is 13.2 Å². The van der Waals surface area contributed by atoms with E-state index in [4.69, 9.17) is 9.26 Å². The van der Waals surface area contributed by atoms with Crippen molar-refractivity contribution in [3.8, 4) is 0 Å². The van der Waals surface area contributed by atoms with Crippen LogP contribution in [-0.2, 0) is 17.5 Å². The van der Waals surface area contributed by atoms with Crippen LogP contribution in [0, 0.1) is 6.92 Å². The van der Waals surface area contributed by atoms with E-state index in [0.717, 1.165) is 17.7 Å². The molecule has 0 N–H and O–H groups in total. The number of ether oxygens (including phenoxy) is 1. The number of nitrogens with zero attached hydrogens (tertiary/aromatic N) is 3. The molecule has 3 rings (SSSR count). The van der Waals surface area contributed by atoms with Crippen molar-refractivity contribution in [1.29, 1.82) is 0 Å². The van der Waals surface area contributed by atoms with Crippen LogP contribution in [-0.4, -0.2) is 34.7 Å². The second kappa shape index (κ2) is 6.29. The molecule has 0 aliphatic carbocycles. The van der Waals surface area contributed by atoms with Gasteiger partial charge in [0.05, 0.1) is 24.8 Å². The molecule has 8 heteroatoms. The molecule has 1 unspecified atom stereocenters. The Morgan fingerprint density at radius 2 is 2.00 bits per heavy atom. The van der Waals surface area contributed by atoms with Gasteiger partial charge in [-0.25, -0.2) is 0 Å². The first-order valence-corrected chi connectivity index (χ1v) is 7.22. The van der Waals surface area contributed by atoms with E-state index in [0.29, 0.717) is 38.0 Å². The van der Waals surface area contributed by atoms with Crippen molar-refractivity contribution >= 4 is 0 Å². The van der Waals surface area contributed by atoms with E-state index in [1.165, 1.54) is 12.1 Å². The monoisotopic (exact) mass is 327 g/mol. The third-order valence-corrected chi connectivity index (χ3v) is 3.70. The van der Waals surface area contributed by atoms with Gasteiger partial charge in [-0.15, -0.1) is 0 Å². The normalized spacial score (nSPS) is 19.9. The molecule has 1 saturated heterocycles. The molecule has 2 heterocycles. The van der Waals surface area contributed by atoms with Crippen molar-refractivity contribution in [2.45, 2.75) is 25.7 Å². The predicted octanol–water partition coefficient (Wildman–Crippen LogP) is 2.97. The summed E-state index contributed by atoms with van der Waals surface area (Å²) >= 11 is 0. The molecule has 1 aliphatic heterocycles. The van der Waals surface area contributed by atoms with Gasteiger partial charge in [0.15, 0.2) is 5.82 Å². The number of rotatable bonds is 3. The van der Waals surface area contributed by atoms with Gasteiger partial charge in [0.2, 0.25) is 5.89 Å². The van der Waals surface area contributed by atoms with Gasteiger partial charge in [0.25, 0.3) is 0 Å². The van der Waals surface area contributed by atoms with Crippen LogP contribution in [0.4, 0.5) is 13.2 Å². The number of hydrogen-bond acceptors (Lipinski definition) is 5. The molecular weight excluding hydrogens is 311 g/mol. The summed E-state index contributed by atoms with van der Waals surface area (Å²) in [5.41, 5.74) is 0.0724. The van der Waals surface area contributed by atoms with Crippen LogP contribution < -0.4 is 0 Å². The third-order valence-electron chi connectivity index (χ3n) is 3.70. The van der Waals surface area contributed by atoms with Gasteiger partial charge in [0.1, 0.15) is 0 Å². The lowest BCUT2D eigenvalue weighted by Gasteiger charge is -2.32. The van der Waals surface area contributed by atoms with Gasteiger partial charge in [-0.3, -0.25) is 4.90 Å². The van der Waals surface area contributed by atoms with Crippen molar-refractivity contribution in [3.05, 3.63) is 47.1 Å². The minimum absolute atomic E-state index is 0.265. The fraction of sp³-hybridized carbons (Fsp3) is 0.467. The molecule has 0 bridgehead atoms. The summed E-state index contributed by atoms with van der Waals surface area (Å²) in [7, 11) is 0. The molecule has 5 nitrogen and oxygen atoms in total. The highest BCUT2D eigenvalue weighted by molar-refractivity contribution is 5.26. The number of alkyl halides is 3. The van der Waals surface area contributed by atoms with Crippen molar-refractivity contribution in [2.24, 2.45) is 0 Å². The highest BCUT2D eigenvalue weighted by Crippen LogP contribution is 2.31. The van der Waals surface area contributed by atoms with E-state index in [1.807, 2.05) is 0 Å². The fourth-order valence-electron chi connectivity index (χ4n) is 2.54. The average Bonchev–Trinajstić information content (AvgIpc) is 2.92. The quantitative estimate of drug-likeness (QED) is 0.867. The molecule has 0 amide bonds. The Hall–Kier alpha value is -1.93. The minimum atomic E-state index is -4.32. The molecule has 1 aromatic carbocycles. The lowest BCUT2D eigenvalue weighted by molar-refractivity contribution is -0.137. The summed E-state index contributed by atoms with van der Waals surface area (Å²) in [6, 6.07) is 5.10. The number of benzene rings is 1. The molecule has 0 spiro atoms. The smallest absolute Gasteiger partial charge is 0.371 e. The topological polar surface area (TPSA) is 51.4 Å². The van der Waals surface area contributed by atoms with Gasteiger partial charge in [-0.1, -0.05) is 17.3 Å². The maximum atomic E-state index is 12.6. The SMILES string of the molecule is Cc1nc(CN2CCOC(c3ccc(C(F)(F)F)cc3)C2)no1. The first kappa shape index (κ1) is 15.9. The lowest BCUT2D eigenvalue weighted by Crippen LogP contribution is -2.38. The summed E-state index contributed by atoms with van der Waals surface area (Å²) in [5, 5.41) is 3.85. The Kier molecular flexibility index (Phi) is 4.36. The van der Waals surface area contributed by atoms with E-state index >= 15 is 0 Å². The largest absolute Gasteiger partial charge is 0.416 e. The standard InChI is InChI=1S/C15H16F3N3O2/c1-10-19-14(20-23-10)9-21-6-7-22-13(8-21)11-2-4-12(5-3-11)15(16,17)18/h2-5,13H,6-9H2,1H3.